The third kappa shape index (κ3) is 8.13. The number of rotatable bonds is 8. The van der Waals surface area contributed by atoms with Gasteiger partial charge in [-0.05, 0) is 12.0 Å². The molecule has 0 spiro atoms. The molecule has 2 aromatic rings. The van der Waals surface area contributed by atoms with Gasteiger partial charge in [0.05, 0.1) is 6.54 Å². The molecule has 0 saturated carbocycles. The summed E-state index contributed by atoms with van der Waals surface area (Å²) < 4.78 is 0. The van der Waals surface area contributed by atoms with Crippen LogP contribution in [-0.2, 0) is 24.3 Å². The van der Waals surface area contributed by atoms with Crippen LogP contribution in [-0.4, -0.2) is 30.4 Å². The van der Waals surface area contributed by atoms with Gasteiger partial charge in [0.2, 0.25) is 5.91 Å². The van der Waals surface area contributed by atoms with Gasteiger partial charge in [-0.15, -0.1) is 35.3 Å². The number of nitrogens with one attached hydrogen (secondary N) is 3. The molecule has 2 rings (SSSR count). The first-order chi connectivity index (χ1) is 12.2. The summed E-state index contributed by atoms with van der Waals surface area (Å²) in [7, 11) is 1.71. The molecule has 0 saturated heterocycles. The van der Waals surface area contributed by atoms with Gasteiger partial charge in [0.1, 0.15) is 5.01 Å². The number of nitrogens with zero attached hydrogens (tertiary/aromatic N) is 2. The molecule has 142 valence electrons. The van der Waals surface area contributed by atoms with E-state index in [0.717, 1.165) is 17.0 Å². The van der Waals surface area contributed by atoms with Crippen LogP contribution < -0.4 is 16.0 Å². The van der Waals surface area contributed by atoms with E-state index in [1.807, 2.05) is 36.5 Å². The second-order valence-electron chi connectivity index (χ2n) is 5.44. The second kappa shape index (κ2) is 12.6. The molecule has 0 aliphatic rings. The number of halogens is 1. The summed E-state index contributed by atoms with van der Waals surface area (Å²) in [6, 6.07) is 9.87. The van der Waals surface area contributed by atoms with E-state index < -0.39 is 0 Å². The number of hydrogen-bond acceptors (Lipinski definition) is 4. The number of thiazole rings is 1. The van der Waals surface area contributed by atoms with Crippen LogP contribution >= 0.6 is 35.3 Å². The zero-order valence-electron chi connectivity index (χ0n) is 15.1. The standard InChI is InChI=1S/C18H25N5OS.HI/c1-3-15-12-22-17(25-15)13-23-18(19-2)20-10-9-16(24)21-11-14-7-5-4-6-8-14;/h4-8,12H,3,9-11,13H2,1-2H3,(H,21,24)(H2,19,20,23);1H. The zero-order chi connectivity index (χ0) is 17.9. The molecule has 6 nitrogen and oxygen atoms in total. The second-order valence-corrected chi connectivity index (χ2v) is 6.64. The van der Waals surface area contributed by atoms with Crippen LogP contribution in [0, 0.1) is 0 Å². The Kier molecular flexibility index (Phi) is 10.9. The van der Waals surface area contributed by atoms with Gasteiger partial charge in [0.15, 0.2) is 5.96 Å². The zero-order valence-corrected chi connectivity index (χ0v) is 18.3. The van der Waals surface area contributed by atoms with Crippen molar-refractivity contribution in [3.63, 3.8) is 0 Å². The van der Waals surface area contributed by atoms with Gasteiger partial charge in [-0.1, -0.05) is 37.3 Å². The molecule has 0 atom stereocenters. The Morgan fingerprint density at radius 2 is 1.92 bits per heavy atom. The first-order valence-corrected chi connectivity index (χ1v) is 9.21. The van der Waals surface area contributed by atoms with Gasteiger partial charge in [0.25, 0.3) is 0 Å². The number of guanidine groups is 1. The lowest BCUT2D eigenvalue weighted by Gasteiger charge is -2.11. The Morgan fingerprint density at radius 3 is 2.58 bits per heavy atom. The molecule has 0 aliphatic heterocycles. The fourth-order valence-electron chi connectivity index (χ4n) is 2.15. The first-order valence-electron chi connectivity index (χ1n) is 8.40. The van der Waals surface area contributed by atoms with Crippen molar-refractivity contribution in [3.05, 3.63) is 52.0 Å². The number of aliphatic imine (C=N–C) groups is 1. The Bertz CT molecular complexity index is 690. The molecule has 3 N–H and O–H groups in total. The fraction of sp³-hybridized carbons (Fsp3) is 0.389. The van der Waals surface area contributed by atoms with Crippen LogP contribution in [0.3, 0.4) is 0 Å². The summed E-state index contributed by atoms with van der Waals surface area (Å²) >= 11 is 1.70. The summed E-state index contributed by atoms with van der Waals surface area (Å²) in [6.07, 6.45) is 3.31. The number of carbonyl (C=O) groups is 1. The Labute approximate surface area is 175 Å². The fourth-order valence-corrected chi connectivity index (χ4v) is 2.95. The average Bonchev–Trinajstić information content (AvgIpc) is 3.11. The van der Waals surface area contributed by atoms with Crippen molar-refractivity contribution in [2.24, 2.45) is 4.99 Å². The predicted molar refractivity (Wildman–Crippen MR) is 118 cm³/mol. The van der Waals surface area contributed by atoms with Crippen molar-refractivity contribution in [2.75, 3.05) is 13.6 Å². The maximum absolute atomic E-state index is 11.9. The van der Waals surface area contributed by atoms with E-state index in [1.165, 1.54) is 4.88 Å². The van der Waals surface area contributed by atoms with E-state index in [9.17, 15) is 4.79 Å². The first kappa shape index (κ1) is 22.4. The molecule has 1 amide bonds. The van der Waals surface area contributed by atoms with Crippen LogP contribution in [0.15, 0.2) is 41.5 Å². The number of aromatic nitrogens is 1. The summed E-state index contributed by atoms with van der Waals surface area (Å²) in [5.74, 6) is 0.684. The van der Waals surface area contributed by atoms with Gasteiger partial charge in [0, 0.05) is 37.6 Å². The molecule has 1 aromatic heterocycles. The number of benzene rings is 1. The third-order valence-corrected chi connectivity index (χ3v) is 4.70. The smallest absolute Gasteiger partial charge is 0.222 e. The van der Waals surface area contributed by atoms with E-state index in [2.05, 4.69) is 32.9 Å². The summed E-state index contributed by atoms with van der Waals surface area (Å²) in [6.45, 7) is 3.83. The summed E-state index contributed by atoms with van der Waals surface area (Å²) in [4.78, 5) is 21.7. The van der Waals surface area contributed by atoms with Crippen LogP contribution in [0.5, 0.6) is 0 Å². The molecule has 0 aliphatic carbocycles. The van der Waals surface area contributed by atoms with Crippen molar-refractivity contribution in [1.82, 2.24) is 20.9 Å². The van der Waals surface area contributed by atoms with Crippen LogP contribution in [0.2, 0.25) is 0 Å². The van der Waals surface area contributed by atoms with E-state index in [4.69, 9.17) is 0 Å². The van der Waals surface area contributed by atoms with Crippen molar-refractivity contribution >= 4 is 47.2 Å². The molecule has 0 radical (unpaired) electrons. The lowest BCUT2D eigenvalue weighted by Crippen LogP contribution is -2.38. The Morgan fingerprint density at radius 1 is 1.15 bits per heavy atom. The lowest BCUT2D eigenvalue weighted by molar-refractivity contribution is -0.121. The largest absolute Gasteiger partial charge is 0.356 e. The summed E-state index contributed by atoms with van der Waals surface area (Å²) in [5.41, 5.74) is 1.09. The maximum atomic E-state index is 11.9. The SMILES string of the molecule is CCc1cnc(CNC(=NC)NCCC(=O)NCc2ccccc2)s1.I. The monoisotopic (exact) mass is 487 g/mol. The normalized spacial score (nSPS) is 10.8. The predicted octanol–water partition coefficient (Wildman–Crippen LogP) is 2.70. The van der Waals surface area contributed by atoms with Crippen molar-refractivity contribution in [3.8, 4) is 0 Å². The van der Waals surface area contributed by atoms with Crippen molar-refractivity contribution < 1.29 is 4.79 Å². The summed E-state index contributed by atoms with van der Waals surface area (Å²) in [5, 5.41) is 10.3. The maximum Gasteiger partial charge on any atom is 0.222 e. The molecule has 8 heteroatoms. The highest BCUT2D eigenvalue weighted by molar-refractivity contribution is 14.0. The van der Waals surface area contributed by atoms with Gasteiger partial charge in [-0.2, -0.15) is 0 Å². The molecular formula is C18H26IN5OS. The number of carbonyl (C=O) groups excluding carboxylic acids is 1. The van der Waals surface area contributed by atoms with Crippen molar-refractivity contribution in [2.45, 2.75) is 32.9 Å². The molecular weight excluding hydrogens is 461 g/mol. The van der Waals surface area contributed by atoms with Crippen LogP contribution in [0.4, 0.5) is 0 Å². The van der Waals surface area contributed by atoms with Crippen molar-refractivity contribution in [1.29, 1.82) is 0 Å². The van der Waals surface area contributed by atoms with E-state index in [0.29, 0.717) is 32.0 Å². The number of hydrogen-bond donors (Lipinski definition) is 3. The minimum absolute atomic E-state index is 0. The number of aryl methyl sites for hydroxylation is 1. The molecule has 0 unspecified atom stereocenters. The molecule has 1 aromatic carbocycles. The van der Waals surface area contributed by atoms with Gasteiger partial charge < -0.3 is 16.0 Å². The Hall–Kier alpha value is -1.68. The van der Waals surface area contributed by atoms with E-state index in [-0.39, 0.29) is 29.9 Å². The molecule has 1 heterocycles. The molecule has 26 heavy (non-hydrogen) atoms. The quantitative estimate of drug-likeness (QED) is 0.304. The van der Waals surface area contributed by atoms with Crippen LogP contribution in [0.1, 0.15) is 28.8 Å². The molecule has 0 fully saturated rings. The topological polar surface area (TPSA) is 78.4 Å². The highest BCUT2D eigenvalue weighted by atomic mass is 127. The van der Waals surface area contributed by atoms with E-state index >= 15 is 0 Å². The van der Waals surface area contributed by atoms with Gasteiger partial charge in [-0.3, -0.25) is 9.79 Å². The highest BCUT2D eigenvalue weighted by Gasteiger charge is 2.04. The lowest BCUT2D eigenvalue weighted by atomic mass is 10.2. The van der Waals surface area contributed by atoms with E-state index in [1.54, 1.807) is 18.4 Å². The minimum atomic E-state index is 0. The Balaban J connectivity index is 0.00000338. The highest BCUT2D eigenvalue weighted by Crippen LogP contribution is 2.12. The minimum Gasteiger partial charge on any atom is -0.356 e. The van der Waals surface area contributed by atoms with Gasteiger partial charge in [-0.25, -0.2) is 4.98 Å². The van der Waals surface area contributed by atoms with Gasteiger partial charge >= 0.3 is 0 Å². The average molecular weight is 487 g/mol. The molecule has 0 bridgehead atoms. The number of amides is 1. The third-order valence-electron chi connectivity index (χ3n) is 3.56. The van der Waals surface area contributed by atoms with Crippen LogP contribution in [0.25, 0.3) is 0 Å².